The first kappa shape index (κ1) is 16.6. The molecule has 0 atom stereocenters. The van der Waals surface area contributed by atoms with Gasteiger partial charge >= 0.3 is 140 Å². The van der Waals surface area contributed by atoms with E-state index in [4.69, 9.17) is 4.74 Å². The molecule has 0 bridgehead atoms. The van der Waals surface area contributed by atoms with Crippen molar-refractivity contribution in [1.29, 1.82) is 0 Å². The van der Waals surface area contributed by atoms with Crippen molar-refractivity contribution in [3.63, 3.8) is 0 Å². The molecule has 0 aliphatic rings. The van der Waals surface area contributed by atoms with E-state index in [2.05, 4.69) is 74.2 Å². The Bertz CT molecular complexity index is 531. The molecule has 0 aromatic heterocycles. The second-order valence-corrected chi connectivity index (χ2v) is 15.0. The molecule has 0 unspecified atom stereocenters. The van der Waals surface area contributed by atoms with Crippen LogP contribution in [0.1, 0.15) is 6.42 Å². The fourth-order valence-electron chi connectivity index (χ4n) is 1.99. The van der Waals surface area contributed by atoms with Crippen molar-refractivity contribution in [2.45, 2.75) is 32.1 Å². The van der Waals surface area contributed by atoms with Crippen LogP contribution in [0.4, 0.5) is 0 Å². The Kier molecular flexibility index (Phi) is 6.30. The molecule has 0 radical (unpaired) electrons. The maximum atomic E-state index is 5.84. The Morgan fingerprint density at radius 2 is 1.48 bits per heavy atom. The molecule has 3 heteroatoms. The molecular weight excluding hydrogens is 387 g/mol. The van der Waals surface area contributed by atoms with E-state index in [1.54, 1.807) is 0 Å². The zero-order chi connectivity index (χ0) is 15.1. The first-order valence-corrected chi connectivity index (χ1v) is 13.3. The van der Waals surface area contributed by atoms with Gasteiger partial charge in [-0.05, 0) is 0 Å². The Balaban J connectivity index is 1.79. The van der Waals surface area contributed by atoms with Crippen LogP contribution in [0.25, 0.3) is 0 Å². The van der Waals surface area contributed by atoms with Crippen LogP contribution in [-0.2, 0) is 0 Å². The Morgan fingerprint density at radius 3 is 2.10 bits per heavy atom. The number of hydrogen-bond acceptors (Lipinski definition) is 1. The molecule has 0 heterocycles. The summed E-state index contributed by atoms with van der Waals surface area (Å²) in [5.74, 6) is 1.01. The van der Waals surface area contributed by atoms with Crippen LogP contribution < -0.4 is 25.9 Å². The van der Waals surface area contributed by atoms with Gasteiger partial charge in [0.2, 0.25) is 0 Å². The van der Waals surface area contributed by atoms with Crippen LogP contribution in [0.5, 0.6) is 5.75 Å². The zero-order valence-corrected chi connectivity index (χ0v) is 16.3. The molecule has 2 rings (SSSR count). The van der Waals surface area contributed by atoms with Crippen LogP contribution in [0.15, 0.2) is 54.6 Å². The molecule has 2 aromatic carbocycles. The summed E-state index contributed by atoms with van der Waals surface area (Å²) < 4.78 is 8.74. The van der Waals surface area contributed by atoms with E-state index in [1.807, 2.05) is 0 Å². The summed E-state index contributed by atoms with van der Waals surface area (Å²) in [6, 6.07) is 20.7. The number of halogens is 1. The summed E-state index contributed by atoms with van der Waals surface area (Å²) in [4.78, 5) is 0. The van der Waals surface area contributed by atoms with Gasteiger partial charge in [0.25, 0.3) is 0 Å². The second kappa shape index (κ2) is 7.99. The molecule has 21 heavy (non-hydrogen) atoms. The SMILES string of the molecule is C[Si](C)(C)CCCOc1ccc([I-]c2ccccc2)cc1. The summed E-state index contributed by atoms with van der Waals surface area (Å²) in [6.45, 7) is 8.08. The zero-order valence-electron chi connectivity index (χ0n) is 13.1. The summed E-state index contributed by atoms with van der Waals surface area (Å²) in [7, 11) is -0.923. The number of hydrogen-bond donors (Lipinski definition) is 0. The van der Waals surface area contributed by atoms with Gasteiger partial charge in [-0.2, -0.15) is 0 Å². The van der Waals surface area contributed by atoms with Crippen LogP contribution in [-0.4, -0.2) is 14.7 Å². The van der Waals surface area contributed by atoms with E-state index in [9.17, 15) is 0 Å². The Hall–Kier alpha value is -0.813. The van der Waals surface area contributed by atoms with Crippen molar-refractivity contribution in [2.75, 3.05) is 6.61 Å². The van der Waals surface area contributed by atoms with Gasteiger partial charge in [-0.15, -0.1) is 0 Å². The molecule has 0 spiro atoms. The van der Waals surface area contributed by atoms with Gasteiger partial charge in [0.15, 0.2) is 0 Å². The van der Waals surface area contributed by atoms with Gasteiger partial charge in [-0.1, -0.05) is 0 Å². The quantitative estimate of drug-likeness (QED) is 0.384. The summed E-state index contributed by atoms with van der Waals surface area (Å²) in [5, 5.41) is 0. The third-order valence-electron chi connectivity index (χ3n) is 3.10. The molecule has 0 aliphatic carbocycles. The molecule has 0 N–H and O–H groups in total. The van der Waals surface area contributed by atoms with E-state index in [1.165, 1.54) is 19.6 Å². The van der Waals surface area contributed by atoms with Gasteiger partial charge in [0.05, 0.1) is 0 Å². The fourth-order valence-corrected chi connectivity index (χ4v) is 5.41. The first-order valence-electron chi connectivity index (χ1n) is 7.46. The molecule has 0 aliphatic heterocycles. The summed E-state index contributed by atoms with van der Waals surface area (Å²) >= 11 is -0.0667. The molecule has 114 valence electrons. The van der Waals surface area contributed by atoms with Crippen LogP contribution in [0, 0.1) is 7.14 Å². The molecule has 0 saturated carbocycles. The molecule has 0 amide bonds. The second-order valence-electron chi connectivity index (χ2n) is 6.36. The van der Waals surface area contributed by atoms with Crippen molar-refractivity contribution in [3.8, 4) is 5.75 Å². The van der Waals surface area contributed by atoms with Crippen molar-refractivity contribution in [2.24, 2.45) is 0 Å². The average Bonchev–Trinajstić information content (AvgIpc) is 2.45. The van der Waals surface area contributed by atoms with E-state index in [-0.39, 0.29) is 21.2 Å². The van der Waals surface area contributed by atoms with E-state index < -0.39 is 8.07 Å². The Morgan fingerprint density at radius 1 is 0.857 bits per heavy atom. The predicted molar refractivity (Wildman–Crippen MR) is 88.5 cm³/mol. The summed E-state index contributed by atoms with van der Waals surface area (Å²) in [5.41, 5.74) is 0. The topological polar surface area (TPSA) is 9.23 Å². The van der Waals surface area contributed by atoms with E-state index in [0.29, 0.717) is 0 Å². The summed E-state index contributed by atoms with van der Waals surface area (Å²) in [6.07, 6.45) is 1.18. The fraction of sp³-hybridized carbons (Fsp3) is 0.333. The monoisotopic (exact) mass is 411 g/mol. The van der Waals surface area contributed by atoms with E-state index in [0.717, 1.165) is 12.4 Å². The molecule has 0 saturated heterocycles. The van der Waals surface area contributed by atoms with Crippen molar-refractivity contribution in [3.05, 3.63) is 61.7 Å². The van der Waals surface area contributed by atoms with Gasteiger partial charge in [0.1, 0.15) is 0 Å². The van der Waals surface area contributed by atoms with Crippen molar-refractivity contribution in [1.82, 2.24) is 0 Å². The molecule has 2 aromatic rings. The number of ether oxygens (including phenoxy) is 1. The minimum absolute atomic E-state index is 0.0667. The average molecular weight is 411 g/mol. The van der Waals surface area contributed by atoms with Gasteiger partial charge in [-0.3, -0.25) is 0 Å². The predicted octanol–water partition coefficient (Wildman–Crippen LogP) is 1.92. The maximum absolute atomic E-state index is 5.84. The standard InChI is InChI=1S/C18H24IOSi/c1-21(2,3)15-7-14-20-18-12-10-17(11-13-18)19-16-8-5-4-6-9-16/h4-6,8-13H,7,14-15H2,1-3H3/q-1. The van der Waals surface area contributed by atoms with E-state index >= 15 is 0 Å². The Labute approximate surface area is 140 Å². The van der Waals surface area contributed by atoms with Gasteiger partial charge in [-0.25, -0.2) is 0 Å². The minimum atomic E-state index is -0.923. The number of rotatable bonds is 7. The number of benzene rings is 2. The van der Waals surface area contributed by atoms with Crippen molar-refractivity contribution < 1.29 is 25.9 Å². The third-order valence-corrected chi connectivity index (χ3v) is 7.64. The molecular formula is C18H24IOSi-. The third kappa shape index (κ3) is 6.65. The van der Waals surface area contributed by atoms with Gasteiger partial charge < -0.3 is 0 Å². The van der Waals surface area contributed by atoms with Crippen molar-refractivity contribution >= 4 is 8.07 Å². The van der Waals surface area contributed by atoms with Crippen LogP contribution in [0.2, 0.25) is 25.7 Å². The normalized spacial score (nSPS) is 11.6. The first-order chi connectivity index (χ1) is 10.0. The molecule has 0 fully saturated rings. The van der Waals surface area contributed by atoms with Crippen LogP contribution in [0.3, 0.4) is 0 Å². The molecule has 1 nitrogen and oxygen atoms in total. The van der Waals surface area contributed by atoms with Crippen LogP contribution >= 0.6 is 0 Å². The van der Waals surface area contributed by atoms with Gasteiger partial charge in [0, 0.05) is 0 Å².